The van der Waals surface area contributed by atoms with E-state index in [1.54, 1.807) is 13.0 Å². The third kappa shape index (κ3) is 2.69. The lowest BCUT2D eigenvalue weighted by Crippen LogP contribution is -2.31. The summed E-state index contributed by atoms with van der Waals surface area (Å²) in [6, 6.07) is 3.07. The van der Waals surface area contributed by atoms with Gasteiger partial charge in [0.05, 0.1) is 10.0 Å². The minimum atomic E-state index is -0.810. The van der Waals surface area contributed by atoms with Crippen molar-refractivity contribution < 1.29 is 9.84 Å². The van der Waals surface area contributed by atoms with Gasteiger partial charge in [0.1, 0.15) is 0 Å². The van der Waals surface area contributed by atoms with Gasteiger partial charge in [0.25, 0.3) is 0 Å². The van der Waals surface area contributed by atoms with Gasteiger partial charge in [-0.15, -0.1) is 5.10 Å². The molecule has 1 aliphatic rings. The molecule has 0 aromatic heterocycles. The summed E-state index contributed by atoms with van der Waals surface area (Å²) < 4.78 is 5.47. The fraction of sp³-hybridized carbons (Fsp3) is 0.182. The lowest BCUT2D eigenvalue weighted by atomic mass is 10.2. The Hall–Kier alpha value is -1.43. The summed E-state index contributed by atoms with van der Waals surface area (Å²) in [5, 5.41) is 13.8. The minimum Gasteiger partial charge on any atom is -0.434 e. The summed E-state index contributed by atoms with van der Waals surface area (Å²) in [4.78, 5) is 0. The number of nitrogens with one attached hydrogen (secondary N) is 1. The molecule has 0 aliphatic carbocycles. The van der Waals surface area contributed by atoms with Crippen LogP contribution in [0.4, 0.5) is 5.69 Å². The van der Waals surface area contributed by atoms with E-state index in [4.69, 9.17) is 33.7 Å². The molecular weight excluding hydrogens is 277 g/mol. The Kier molecular flexibility index (Phi) is 3.65. The van der Waals surface area contributed by atoms with Gasteiger partial charge in [-0.25, -0.2) is 0 Å². The Morgan fingerprint density at radius 1 is 1.39 bits per heavy atom. The first-order valence-corrected chi connectivity index (χ1v) is 5.85. The maximum Gasteiger partial charge on any atom is 0.236 e. The number of hydrazone groups is 1. The van der Waals surface area contributed by atoms with Gasteiger partial charge in [0, 0.05) is 11.8 Å². The smallest absolute Gasteiger partial charge is 0.236 e. The normalized spacial score (nSPS) is 18.8. The van der Waals surface area contributed by atoms with E-state index in [0.29, 0.717) is 21.3 Å². The van der Waals surface area contributed by atoms with Gasteiger partial charge in [-0.3, -0.25) is 5.43 Å². The molecule has 1 aromatic carbocycles. The first kappa shape index (κ1) is 13.0. The highest BCUT2D eigenvalue weighted by molar-refractivity contribution is 6.37. The van der Waals surface area contributed by atoms with Crippen LogP contribution in [0.5, 0.6) is 5.75 Å². The number of hydrogen-bond acceptors (Lipinski definition) is 5. The van der Waals surface area contributed by atoms with Crippen LogP contribution in [0.3, 0.4) is 0 Å². The van der Waals surface area contributed by atoms with E-state index >= 15 is 0 Å². The second-order valence-electron chi connectivity index (χ2n) is 3.79. The van der Waals surface area contributed by atoms with Gasteiger partial charge < -0.3 is 15.6 Å². The first-order valence-electron chi connectivity index (χ1n) is 5.09. The number of nitrogens with two attached hydrogens (primary N) is 1. The summed E-state index contributed by atoms with van der Waals surface area (Å²) in [6.07, 6.45) is 0.777. The molecule has 0 amide bonds. The number of ether oxygens (including phenoxy) is 1. The van der Waals surface area contributed by atoms with Crippen LogP contribution in [0.15, 0.2) is 28.9 Å². The zero-order chi connectivity index (χ0) is 13.3. The van der Waals surface area contributed by atoms with E-state index < -0.39 is 6.23 Å². The molecule has 1 aliphatic heterocycles. The summed E-state index contributed by atoms with van der Waals surface area (Å²) in [5.41, 5.74) is 9.20. The van der Waals surface area contributed by atoms with Crippen molar-refractivity contribution in [2.24, 2.45) is 5.10 Å². The number of nitrogens with zero attached hydrogens (tertiary/aromatic N) is 1. The quantitative estimate of drug-likeness (QED) is 0.692. The first-order chi connectivity index (χ1) is 8.47. The van der Waals surface area contributed by atoms with E-state index in [-0.39, 0.29) is 11.6 Å². The SMILES string of the molecule is CC1=CC(Oc2c(Cl)cc(N)cc2Cl)=NNC1O. The Morgan fingerprint density at radius 2 is 2.00 bits per heavy atom. The molecule has 18 heavy (non-hydrogen) atoms. The van der Waals surface area contributed by atoms with Crippen LogP contribution in [-0.2, 0) is 0 Å². The molecule has 1 atom stereocenters. The molecule has 96 valence electrons. The molecule has 0 radical (unpaired) electrons. The van der Waals surface area contributed by atoms with E-state index in [0.717, 1.165) is 0 Å². The highest BCUT2D eigenvalue weighted by atomic mass is 35.5. The van der Waals surface area contributed by atoms with Crippen LogP contribution in [0, 0.1) is 0 Å². The molecular formula is C11H11Cl2N3O2. The maximum atomic E-state index is 9.40. The van der Waals surface area contributed by atoms with Crippen molar-refractivity contribution in [1.29, 1.82) is 0 Å². The number of rotatable bonds is 1. The second kappa shape index (κ2) is 5.06. The Bertz CT molecular complexity index is 520. The Morgan fingerprint density at radius 3 is 2.56 bits per heavy atom. The molecule has 1 unspecified atom stereocenters. The third-order valence-electron chi connectivity index (χ3n) is 2.31. The van der Waals surface area contributed by atoms with Crippen molar-refractivity contribution in [3.05, 3.63) is 33.8 Å². The molecule has 0 saturated carbocycles. The summed E-state index contributed by atoms with van der Waals surface area (Å²) in [5.74, 6) is 0.528. The molecule has 4 N–H and O–H groups in total. The van der Waals surface area contributed by atoms with E-state index in [1.165, 1.54) is 12.1 Å². The molecule has 7 heteroatoms. The number of benzene rings is 1. The average Bonchev–Trinajstić information content (AvgIpc) is 2.28. The van der Waals surface area contributed by atoms with Gasteiger partial charge in [-0.1, -0.05) is 23.2 Å². The average molecular weight is 288 g/mol. The summed E-state index contributed by atoms with van der Waals surface area (Å²) in [6.45, 7) is 1.74. The Balaban J connectivity index is 2.26. The van der Waals surface area contributed by atoms with Crippen LogP contribution in [0.1, 0.15) is 6.92 Å². The standard InChI is InChI=1S/C11H11Cl2N3O2/c1-5-2-9(15-16-11(5)17)18-10-7(12)3-6(14)4-8(10)13/h2-4,11,16-17H,14H2,1H3. The van der Waals surface area contributed by atoms with Gasteiger partial charge in [0.2, 0.25) is 5.90 Å². The van der Waals surface area contributed by atoms with E-state index in [9.17, 15) is 5.11 Å². The number of aliphatic hydroxyl groups excluding tert-OH is 1. The lowest BCUT2D eigenvalue weighted by molar-refractivity contribution is 0.171. The van der Waals surface area contributed by atoms with Gasteiger partial charge >= 0.3 is 0 Å². The zero-order valence-corrected chi connectivity index (χ0v) is 11.0. The van der Waals surface area contributed by atoms with Crippen molar-refractivity contribution >= 4 is 34.8 Å². The Labute approximate surface area is 114 Å². The zero-order valence-electron chi connectivity index (χ0n) is 9.45. The van der Waals surface area contributed by atoms with Gasteiger partial charge in [-0.2, -0.15) is 0 Å². The van der Waals surface area contributed by atoms with Crippen LogP contribution < -0.4 is 15.9 Å². The van der Waals surface area contributed by atoms with Crippen molar-refractivity contribution in [3.8, 4) is 5.75 Å². The molecule has 5 nitrogen and oxygen atoms in total. The third-order valence-corrected chi connectivity index (χ3v) is 2.87. The molecule has 0 spiro atoms. The molecule has 1 heterocycles. The predicted octanol–water partition coefficient (Wildman–Crippen LogP) is 2.14. The lowest BCUT2D eigenvalue weighted by Gasteiger charge is -2.18. The van der Waals surface area contributed by atoms with Crippen molar-refractivity contribution in [2.75, 3.05) is 5.73 Å². The highest BCUT2D eigenvalue weighted by Crippen LogP contribution is 2.35. The summed E-state index contributed by atoms with van der Waals surface area (Å²) in [7, 11) is 0. The number of hydrogen-bond donors (Lipinski definition) is 3. The van der Waals surface area contributed by atoms with Crippen LogP contribution in [0.2, 0.25) is 10.0 Å². The van der Waals surface area contributed by atoms with Gasteiger partial charge in [-0.05, 0) is 24.6 Å². The predicted molar refractivity (Wildman–Crippen MR) is 71.8 cm³/mol. The highest BCUT2D eigenvalue weighted by Gasteiger charge is 2.16. The topological polar surface area (TPSA) is 79.9 Å². The largest absolute Gasteiger partial charge is 0.434 e. The molecule has 0 saturated heterocycles. The number of anilines is 1. The van der Waals surface area contributed by atoms with E-state index in [2.05, 4.69) is 10.5 Å². The molecule has 0 bridgehead atoms. The molecule has 1 aromatic rings. The van der Waals surface area contributed by atoms with E-state index in [1.807, 2.05) is 0 Å². The number of aliphatic hydroxyl groups is 1. The van der Waals surface area contributed by atoms with Crippen molar-refractivity contribution in [3.63, 3.8) is 0 Å². The molecule has 0 fully saturated rings. The van der Waals surface area contributed by atoms with Crippen LogP contribution in [-0.4, -0.2) is 17.2 Å². The van der Waals surface area contributed by atoms with Crippen LogP contribution in [0.25, 0.3) is 0 Å². The fourth-order valence-corrected chi connectivity index (χ4v) is 1.95. The maximum absolute atomic E-state index is 9.40. The fourth-order valence-electron chi connectivity index (χ4n) is 1.37. The second-order valence-corrected chi connectivity index (χ2v) is 4.60. The number of nitrogen functional groups attached to an aromatic ring is 1. The summed E-state index contributed by atoms with van der Waals surface area (Å²) >= 11 is 12.0. The minimum absolute atomic E-state index is 0.256. The number of halogens is 2. The monoisotopic (exact) mass is 287 g/mol. The molecule has 2 rings (SSSR count). The van der Waals surface area contributed by atoms with Crippen molar-refractivity contribution in [1.82, 2.24) is 5.43 Å². The van der Waals surface area contributed by atoms with Gasteiger partial charge in [0.15, 0.2) is 12.0 Å². The van der Waals surface area contributed by atoms with Crippen molar-refractivity contribution in [2.45, 2.75) is 13.2 Å². The van der Waals surface area contributed by atoms with Crippen LogP contribution >= 0.6 is 23.2 Å².